The number of imide groups is 1. The van der Waals surface area contributed by atoms with E-state index in [9.17, 15) is 14.0 Å². The molecule has 1 fully saturated rings. The lowest BCUT2D eigenvalue weighted by Crippen LogP contribution is -2.30. The Bertz CT molecular complexity index is 688. The molecule has 1 unspecified atom stereocenters. The third kappa shape index (κ3) is 2.50. The summed E-state index contributed by atoms with van der Waals surface area (Å²) in [5.74, 6) is -0.796. The lowest BCUT2D eigenvalue weighted by atomic mass is 10.1. The number of nitrogens with zero attached hydrogens (tertiary/aromatic N) is 1. The first kappa shape index (κ1) is 13.3. The van der Waals surface area contributed by atoms with E-state index in [1.807, 2.05) is 6.07 Å². The summed E-state index contributed by atoms with van der Waals surface area (Å²) in [6.07, 6.45) is 0. The molecular weight excluding hydrogens is 271 g/mol. The summed E-state index contributed by atoms with van der Waals surface area (Å²) < 4.78 is 13.6. The minimum atomic E-state index is -0.703. The van der Waals surface area contributed by atoms with Gasteiger partial charge >= 0.3 is 6.03 Å². The van der Waals surface area contributed by atoms with E-state index in [1.54, 1.807) is 42.5 Å². The highest BCUT2D eigenvalue weighted by Crippen LogP contribution is 2.23. The molecule has 5 heteroatoms. The van der Waals surface area contributed by atoms with Gasteiger partial charge in [-0.05, 0) is 11.6 Å². The van der Waals surface area contributed by atoms with E-state index in [2.05, 4.69) is 5.32 Å². The summed E-state index contributed by atoms with van der Waals surface area (Å²) in [7, 11) is 0. The molecule has 0 spiro atoms. The van der Waals surface area contributed by atoms with Crippen molar-refractivity contribution < 1.29 is 14.0 Å². The number of rotatable bonds is 3. The average Bonchev–Trinajstić information content (AvgIpc) is 2.78. The third-order valence-electron chi connectivity index (χ3n) is 3.45. The molecule has 3 amide bonds. The summed E-state index contributed by atoms with van der Waals surface area (Å²) in [5, 5.41) is 2.62. The quantitative estimate of drug-likeness (QED) is 0.881. The molecule has 3 rings (SSSR count). The normalized spacial score (nSPS) is 18.0. The standard InChI is InChI=1S/C16H13FN2O2/c17-13-9-5-4-8-12(13)10-19-15(20)14(18-16(19)21)11-6-2-1-3-7-11/h1-9,14H,10H2,(H,18,21). The average molecular weight is 284 g/mol. The fraction of sp³-hybridized carbons (Fsp3) is 0.125. The lowest BCUT2D eigenvalue weighted by Gasteiger charge is -2.13. The van der Waals surface area contributed by atoms with E-state index >= 15 is 0 Å². The first-order valence-electron chi connectivity index (χ1n) is 6.57. The number of hydrogen-bond donors (Lipinski definition) is 1. The first-order valence-corrected chi connectivity index (χ1v) is 6.57. The second-order valence-corrected chi connectivity index (χ2v) is 4.81. The first-order chi connectivity index (χ1) is 10.2. The van der Waals surface area contributed by atoms with Gasteiger partial charge in [0.15, 0.2) is 0 Å². The van der Waals surface area contributed by atoms with Crippen LogP contribution < -0.4 is 5.32 Å². The van der Waals surface area contributed by atoms with E-state index in [1.165, 1.54) is 6.07 Å². The molecule has 1 saturated heterocycles. The van der Waals surface area contributed by atoms with Crippen LogP contribution in [0.3, 0.4) is 0 Å². The maximum Gasteiger partial charge on any atom is 0.325 e. The van der Waals surface area contributed by atoms with Gasteiger partial charge in [0.05, 0.1) is 6.54 Å². The van der Waals surface area contributed by atoms with Crippen LogP contribution in [0.25, 0.3) is 0 Å². The van der Waals surface area contributed by atoms with E-state index < -0.39 is 17.9 Å². The van der Waals surface area contributed by atoms with Gasteiger partial charge < -0.3 is 5.32 Å². The lowest BCUT2D eigenvalue weighted by molar-refractivity contribution is -0.128. The molecule has 106 valence electrons. The summed E-state index contributed by atoms with van der Waals surface area (Å²) in [4.78, 5) is 25.3. The van der Waals surface area contributed by atoms with Crippen molar-refractivity contribution in [2.45, 2.75) is 12.6 Å². The number of halogens is 1. The van der Waals surface area contributed by atoms with Crippen molar-refractivity contribution in [3.05, 3.63) is 71.5 Å². The van der Waals surface area contributed by atoms with Gasteiger partial charge in [0.1, 0.15) is 11.9 Å². The van der Waals surface area contributed by atoms with Crippen molar-refractivity contribution in [1.29, 1.82) is 0 Å². The number of carbonyl (C=O) groups excluding carboxylic acids is 2. The van der Waals surface area contributed by atoms with Crippen LogP contribution in [0.2, 0.25) is 0 Å². The predicted molar refractivity (Wildman–Crippen MR) is 74.7 cm³/mol. The third-order valence-corrected chi connectivity index (χ3v) is 3.45. The molecule has 0 radical (unpaired) electrons. The molecule has 4 nitrogen and oxygen atoms in total. The molecule has 1 heterocycles. The van der Waals surface area contributed by atoms with Gasteiger partial charge in [0.2, 0.25) is 0 Å². The van der Waals surface area contributed by atoms with Gasteiger partial charge in [-0.3, -0.25) is 9.69 Å². The van der Waals surface area contributed by atoms with Crippen LogP contribution in [-0.4, -0.2) is 16.8 Å². The molecule has 0 aliphatic carbocycles. The van der Waals surface area contributed by atoms with Gasteiger partial charge in [-0.25, -0.2) is 9.18 Å². The monoisotopic (exact) mass is 284 g/mol. The summed E-state index contributed by atoms with van der Waals surface area (Å²) in [6.45, 7) is -0.0688. The zero-order valence-corrected chi connectivity index (χ0v) is 11.1. The summed E-state index contributed by atoms with van der Waals surface area (Å²) >= 11 is 0. The van der Waals surface area contributed by atoms with Gasteiger partial charge in [-0.1, -0.05) is 48.5 Å². The Morgan fingerprint density at radius 3 is 2.38 bits per heavy atom. The molecule has 1 aliphatic rings. The molecular formula is C16H13FN2O2. The molecule has 1 aliphatic heterocycles. The Morgan fingerprint density at radius 1 is 1.00 bits per heavy atom. The summed E-state index contributed by atoms with van der Waals surface area (Å²) in [6, 6.07) is 13.9. The van der Waals surface area contributed by atoms with E-state index in [-0.39, 0.29) is 12.5 Å². The number of urea groups is 1. The fourth-order valence-corrected chi connectivity index (χ4v) is 2.34. The smallest absolute Gasteiger partial charge is 0.322 e. The van der Waals surface area contributed by atoms with Crippen molar-refractivity contribution >= 4 is 11.9 Å². The molecule has 1 N–H and O–H groups in total. The molecule has 0 saturated carbocycles. The van der Waals surface area contributed by atoms with E-state index in [0.29, 0.717) is 11.1 Å². The number of nitrogens with one attached hydrogen (secondary N) is 1. The number of amides is 3. The molecule has 2 aromatic rings. The van der Waals surface area contributed by atoms with E-state index in [4.69, 9.17) is 0 Å². The molecule has 0 bridgehead atoms. The van der Waals surface area contributed by atoms with Gasteiger partial charge in [-0.15, -0.1) is 0 Å². The molecule has 0 aromatic heterocycles. The minimum absolute atomic E-state index is 0.0688. The zero-order chi connectivity index (χ0) is 14.8. The highest BCUT2D eigenvalue weighted by Gasteiger charge is 2.38. The Balaban J connectivity index is 1.83. The SMILES string of the molecule is O=C1NC(c2ccccc2)C(=O)N1Cc1ccccc1F. The van der Waals surface area contributed by atoms with Crippen LogP contribution in [-0.2, 0) is 11.3 Å². The predicted octanol–water partition coefficient (Wildman–Crippen LogP) is 2.62. The van der Waals surface area contributed by atoms with Gasteiger partial charge in [-0.2, -0.15) is 0 Å². The molecule has 21 heavy (non-hydrogen) atoms. The Kier molecular flexibility index (Phi) is 3.39. The second kappa shape index (κ2) is 5.36. The number of carbonyl (C=O) groups is 2. The summed E-state index contributed by atoms with van der Waals surface area (Å²) in [5.41, 5.74) is 1.03. The maximum absolute atomic E-state index is 13.6. The van der Waals surface area contributed by atoms with Crippen molar-refractivity contribution in [3.8, 4) is 0 Å². The zero-order valence-electron chi connectivity index (χ0n) is 11.1. The second-order valence-electron chi connectivity index (χ2n) is 4.81. The van der Waals surface area contributed by atoms with Crippen molar-refractivity contribution in [2.75, 3.05) is 0 Å². The van der Waals surface area contributed by atoms with Crippen LogP contribution in [0.15, 0.2) is 54.6 Å². The number of hydrogen-bond acceptors (Lipinski definition) is 2. The van der Waals surface area contributed by atoms with Crippen molar-refractivity contribution in [1.82, 2.24) is 10.2 Å². The van der Waals surface area contributed by atoms with Crippen LogP contribution in [0.5, 0.6) is 0 Å². The molecule has 2 aromatic carbocycles. The fourth-order valence-electron chi connectivity index (χ4n) is 2.34. The highest BCUT2D eigenvalue weighted by molar-refractivity contribution is 6.04. The maximum atomic E-state index is 13.6. The Morgan fingerprint density at radius 2 is 1.67 bits per heavy atom. The van der Waals surface area contributed by atoms with Crippen molar-refractivity contribution in [3.63, 3.8) is 0 Å². The van der Waals surface area contributed by atoms with Crippen LogP contribution in [0.4, 0.5) is 9.18 Å². The van der Waals surface area contributed by atoms with E-state index in [0.717, 1.165) is 4.90 Å². The molecule has 1 atom stereocenters. The van der Waals surface area contributed by atoms with Crippen LogP contribution in [0, 0.1) is 5.82 Å². The highest BCUT2D eigenvalue weighted by atomic mass is 19.1. The van der Waals surface area contributed by atoms with Gasteiger partial charge in [0, 0.05) is 5.56 Å². The largest absolute Gasteiger partial charge is 0.325 e. The van der Waals surface area contributed by atoms with Crippen molar-refractivity contribution in [2.24, 2.45) is 0 Å². The number of benzene rings is 2. The van der Waals surface area contributed by atoms with Crippen LogP contribution >= 0.6 is 0 Å². The topological polar surface area (TPSA) is 49.4 Å². The minimum Gasteiger partial charge on any atom is -0.322 e. The Hall–Kier alpha value is -2.69. The Labute approximate surface area is 121 Å². The van der Waals surface area contributed by atoms with Gasteiger partial charge in [0.25, 0.3) is 5.91 Å². The van der Waals surface area contributed by atoms with Crippen LogP contribution in [0.1, 0.15) is 17.2 Å².